The van der Waals surface area contributed by atoms with Gasteiger partial charge in [-0.3, -0.25) is 10.1 Å². The third-order valence-electron chi connectivity index (χ3n) is 4.15. The van der Waals surface area contributed by atoms with Crippen LogP contribution in [0.2, 0.25) is 0 Å². The van der Waals surface area contributed by atoms with E-state index in [1.807, 2.05) is 0 Å². The average molecular weight is 272 g/mol. The second kappa shape index (κ2) is 5.08. The minimum Gasteiger partial charge on any atom is -0.370 e. The van der Waals surface area contributed by atoms with Crippen LogP contribution in [-0.4, -0.2) is 16.5 Å². The molecule has 2 fully saturated rings. The Labute approximate surface area is 117 Å². The van der Waals surface area contributed by atoms with Crippen molar-refractivity contribution in [2.24, 2.45) is 17.8 Å². The van der Waals surface area contributed by atoms with Gasteiger partial charge < -0.3 is 5.32 Å². The molecule has 0 amide bonds. The third-order valence-corrected chi connectivity index (χ3v) is 4.15. The van der Waals surface area contributed by atoms with E-state index in [4.69, 9.17) is 5.26 Å². The second-order valence-electron chi connectivity index (χ2n) is 5.65. The van der Waals surface area contributed by atoms with Crippen molar-refractivity contribution in [3.63, 3.8) is 0 Å². The number of hydrogen-bond acceptors (Lipinski definition) is 5. The van der Waals surface area contributed by atoms with Gasteiger partial charge in [0.25, 0.3) is 0 Å². The van der Waals surface area contributed by atoms with Crippen LogP contribution >= 0.6 is 0 Å². The first-order valence-electron chi connectivity index (χ1n) is 6.98. The number of nitrogens with zero attached hydrogens (tertiary/aromatic N) is 3. The van der Waals surface area contributed by atoms with Crippen LogP contribution in [0.25, 0.3) is 0 Å². The number of anilines is 1. The number of nitriles is 1. The summed E-state index contributed by atoms with van der Waals surface area (Å²) in [4.78, 5) is 14.2. The summed E-state index contributed by atoms with van der Waals surface area (Å²) in [6, 6.07) is 4.71. The molecule has 0 radical (unpaired) electrons. The molecule has 0 aliphatic heterocycles. The van der Waals surface area contributed by atoms with Crippen LogP contribution in [0.1, 0.15) is 31.4 Å². The fourth-order valence-corrected chi connectivity index (χ4v) is 2.77. The van der Waals surface area contributed by atoms with E-state index in [1.165, 1.54) is 31.7 Å². The summed E-state index contributed by atoms with van der Waals surface area (Å²) >= 11 is 0. The van der Waals surface area contributed by atoms with Gasteiger partial charge in [-0.1, -0.05) is 0 Å². The van der Waals surface area contributed by atoms with Crippen LogP contribution in [-0.2, 0) is 0 Å². The predicted molar refractivity (Wildman–Crippen MR) is 73.0 cm³/mol. The van der Waals surface area contributed by atoms with Gasteiger partial charge in [-0.05, 0) is 49.5 Å². The Morgan fingerprint density at radius 2 is 2.05 bits per heavy atom. The first-order valence-corrected chi connectivity index (χ1v) is 6.98. The monoisotopic (exact) mass is 272 g/mol. The van der Waals surface area contributed by atoms with E-state index in [0.717, 1.165) is 18.4 Å². The molecule has 1 aromatic rings. The van der Waals surface area contributed by atoms with Crippen LogP contribution in [0.3, 0.4) is 0 Å². The van der Waals surface area contributed by atoms with Crippen molar-refractivity contribution in [1.29, 1.82) is 5.26 Å². The standard InChI is InChI=1S/C14H16N4O2/c15-7-12-13(18(19)20)5-6-14(17-12)16-8-11(9-1-2-9)10-3-4-10/h5-6,9-11H,1-4,8H2,(H,16,17). The summed E-state index contributed by atoms with van der Waals surface area (Å²) in [7, 11) is 0. The van der Waals surface area contributed by atoms with Crippen molar-refractivity contribution in [1.82, 2.24) is 4.98 Å². The van der Waals surface area contributed by atoms with Crippen molar-refractivity contribution < 1.29 is 4.92 Å². The number of hydrogen-bond donors (Lipinski definition) is 1. The molecule has 1 aromatic heterocycles. The topological polar surface area (TPSA) is 91.8 Å². The Hall–Kier alpha value is -2.16. The number of nitro groups is 1. The minimum absolute atomic E-state index is 0.130. The van der Waals surface area contributed by atoms with Gasteiger partial charge >= 0.3 is 5.69 Å². The SMILES string of the molecule is N#Cc1nc(NCC(C2CC2)C2CC2)ccc1[N+](=O)[O-]. The molecule has 2 aliphatic carbocycles. The summed E-state index contributed by atoms with van der Waals surface area (Å²) in [6.07, 6.45) is 5.28. The van der Waals surface area contributed by atoms with Gasteiger partial charge in [-0.15, -0.1) is 0 Å². The smallest absolute Gasteiger partial charge is 0.305 e. The number of rotatable bonds is 6. The first kappa shape index (κ1) is 12.9. The molecule has 3 rings (SSSR count). The van der Waals surface area contributed by atoms with E-state index in [2.05, 4.69) is 10.3 Å². The van der Waals surface area contributed by atoms with Gasteiger partial charge in [0, 0.05) is 12.6 Å². The van der Waals surface area contributed by atoms with Gasteiger partial charge in [-0.2, -0.15) is 5.26 Å². The van der Waals surface area contributed by atoms with E-state index in [1.54, 1.807) is 12.1 Å². The molecular formula is C14H16N4O2. The Kier molecular flexibility index (Phi) is 3.26. The van der Waals surface area contributed by atoms with Gasteiger partial charge in [0.05, 0.1) is 4.92 Å². The third kappa shape index (κ3) is 2.72. The quantitative estimate of drug-likeness (QED) is 0.635. The fourth-order valence-electron chi connectivity index (χ4n) is 2.77. The van der Waals surface area contributed by atoms with Crippen LogP contribution < -0.4 is 5.32 Å². The Morgan fingerprint density at radius 3 is 2.55 bits per heavy atom. The average Bonchev–Trinajstić information content (AvgIpc) is 3.31. The highest BCUT2D eigenvalue weighted by molar-refractivity contribution is 5.50. The Morgan fingerprint density at radius 1 is 1.40 bits per heavy atom. The van der Waals surface area contributed by atoms with Crippen molar-refractivity contribution in [2.45, 2.75) is 25.7 Å². The number of aromatic nitrogens is 1. The maximum Gasteiger partial charge on any atom is 0.305 e. The van der Waals surface area contributed by atoms with Crippen LogP contribution in [0.5, 0.6) is 0 Å². The lowest BCUT2D eigenvalue weighted by atomic mass is 9.98. The molecule has 0 bridgehead atoms. The van der Waals surface area contributed by atoms with E-state index in [9.17, 15) is 10.1 Å². The molecule has 6 heteroatoms. The molecule has 20 heavy (non-hydrogen) atoms. The molecular weight excluding hydrogens is 256 g/mol. The van der Waals surface area contributed by atoms with Crippen LogP contribution in [0, 0.1) is 39.2 Å². The molecule has 0 aromatic carbocycles. The zero-order valence-electron chi connectivity index (χ0n) is 11.1. The van der Waals surface area contributed by atoms with Crippen molar-refractivity contribution in [3.8, 4) is 6.07 Å². The molecule has 1 N–H and O–H groups in total. The van der Waals surface area contributed by atoms with E-state index < -0.39 is 4.92 Å². The highest BCUT2D eigenvalue weighted by Crippen LogP contribution is 2.49. The lowest BCUT2D eigenvalue weighted by Gasteiger charge is -2.16. The molecule has 6 nitrogen and oxygen atoms in total. The Bertz CT molecular complexity index is 561. The molecule has 1 heterocycles. The normalized spacial score (nSPS) is 17.8. The minimum atomic E-state index is -0.577. The number of pyridine rings is 1. The zero-order valence-corrected chi connectivity index (χ0v) is 11.1. The molecule has 104 valence electrons. The van der Waals surface area contributed by atoms with E-state index in [0.29, 0.717) is 11.7 Å². The van der Waals surface area contributed by atoms with E-state index >= 15 is 0 Å². The summed E-state index contributed by atoms with van der Waals surface area (Å²) in [5.41, 5.74) is -0.367. The summed E-state index contributed by atoms with van der Waals surface area (Å²) in [5.74, 6) is 2.92. The summed E-state index contributed by atoms with van der Waals surface area (Å²) in [5, 5.41) is 22.9. The molecule has 0 saturated heterocycles. The highest BCUT2D eigenvalue weighted by Gasteiger charge is 2.41. The molecule has 2 aliphatic rings. The second-order valence-corrected chi connectivity index (χ2v) is 5.65. The lowest BCUT2D eigenvalue weighted by molar-refractivity contribution is -0.385. The molecule has 0 unspecified atom stereocenters. The van der Waals surface area contributed by atoms with Gasteiger partial charge in [0.2, 0.25) is 5.69 Å². The maximum absolute atomic E-state index is 10.7. The van der Waals surface area contributed by atoms with Gasteiger partial charge in [0.15, 0.2) is 0 Å². The van der Waals surface area contributed by atoms with Crippen molar-refractivity contribution in [3.05, 3.63) is 27.9 Å². The van der Waals surface area contributed by atoms with Crippen LogP contribution in [0.4, 0.5) is 11.5 Å². The number of nitrogens with one attached hydrogen (secondary N) is 1. The largest absolute Gasteiger partial charge is 0.370 e. The van der Waals surface area contributed by atoms with Gasteiger partial charge in [0.1, 0.15) is 11.9 Å². The fraction of sp³-hybridized carbons (Fsp3) is 0.571. The zero-order chi connectivity index (χ0) is 14.1. The molecule has 0 atom stereocenters. The van der Waals surface area contributed by atoms with Crippen molar-refractivity contribution >= 4 is 11.5 Å². The van der Waals surface area contributed by atoms with Crippen molar-refractivity contribution in [2.75, 3.05) is 11.9 Å². The lowest BCUT2D eigenvalue weighted by Crippen LogP contribution is -2.19. The first-order chi connectivity index (χ1) is 9.69. The summed E-state index contributed by atoms with van der Waals surface area (Å²) < 4.78 is 0. The highest BCUT2D eigenvalue weighted by atomic mass is 16.6. The molecule has 0 spiro atoms. The van der Waals surface area contributed by atoms with E-state index in [-0.39, 0.29) is 11.4 Å². The maximum atomic E-state index is 10.7. The summed E-state index contributed by atoms with van der Waals surface area (Å²) in [6.45, 7) is 0.852. The predicted octanol–water partition coefficient (Wildman–Crippen LogP) is 2.71. The molecule has 2 saturated carbocycles. The van der Waals surface area contributed by atoms with Gasteiger partial charge in [-0.25, -0.2) is 4.98 Å². The Balaban J connectivity index is 1.68. The van der Waals surface area contributed by atoms with Crippen LogP contribution in [0.15, 0.2) is 12.1 Å².